The number of hydrogen-bond donors (Lipinski definition) is 3. The second-order valence-electron chi connectivity index (χ2n) is 4.08. The summed E-state index contributed by atoms with van der Waals surface area (Å²) in [6.45, 7) is 0.0223. The molecular weight excluding hydrogens is 218 g/mol. The van der Waals surface area contributed by atoms with E-state index in [9.17, 15) is 9.59 Å². The molecule has 5 heteroatoms. The molecule has 1 aromatic carbocycles. The molecule has 0 aliphatic carbocycles. The summed E-state index contributed by atoms with van der Waals surface area (Å²) in [5, 5.41) is 5.70. The zero-order valence-electron chi connectivity index (χ0n) is 9.40. The van der Waals surface area contributed by atoms with Gasteiger partial charge in [0.15, 0.2) is 0 Å². The minimum absolute atomic E-state index is 0.0223. The van der Waals surface area contributed by atoms with Gasteiger partial charge in [0.1, 0.15) is 0 Å². The highest BCUT2D eigenvalue weighted by Gasteiger charge is 2.22. The van der Waals surface area contributed by atoms with Crippen molar-refractivity contribution < 1.29 is 9.59 Å². The highest BCUT2D eigenvalue weighted by Crippen LogP contribution is 2.21. The number of amides is 2. The molecule has 4 N–H and O–H groups in total. The number of rotatable bonds is 3. The number of aryl methyl sites for hydroxylation is 1. The molecule has 0 spiro atoms. The predicted octanol–water partition coefficient (Wildman–Crippen LogP) is 0.0148. The van der Waals surface area contributed by atoms with Crippen molar-refractivity contribution in [3.05, 3.63) is 29.8 Å². The smallest absolute Gasteiger partial charge is 0.241 e. The van der Waals surface area contributed by atoms with Gasteiger partial charge in [0.25, 0.3) is 0 Å². The van der Waals surface area contributed by atoms with E-state index in [0.717, 1.165) is 17.7 Å². The zero-order valence-corrected chi connectivity index (χ0v) is 9.40. The molecule has 1 aromatic rings. The van der Waals surface area contributed by atoms with Crippen LogP contribution in [0.5, 0.6) is 0 Å². The van der Waals surface area contributed by atoms with Crippen molar-refractivity contribution >= 4 is 17.5 Å². The second-order valence-corrected chi connectivity index (χ2v) is 4.08. The van der Waals surface area contributed by atoms with Crippen molar-refractivity contribution in [2.45, 2.75) is 18.9 Å². The number of benzene rings is 1. The average molecular weight is 233 g/mol. The van der Waals surface area contributed by atoms with Crippen LogP contribution in [0.1, 0.15) is 12.0 Å². The molecule has 17 heavy (non-hydrogen) atoms. The van der Waals surface area contributed by atoms with E-state index < -0.39 is 5.91 Å². The van der Waals surface area contributed by atoms with E-state index in [4.69, 9.17) is 5.73 Å². The lowest BCUT2D eigenvalue weighted by atomic mass is 10.1. The predicted molar refractivity (Wildman–Crippen MR) is 64.4 cm³/mol. The number of fused-ring (bicyclic) bond motifs is 1. The molecule has 2 rings (SSSR count). The second kappa shape index (κ2) is 4.97. The third-order valence-electron chi connectivity index (χ3n) is 2.82. The number of hydrogen-bond acceptors (Lipinski definition) is 3. The Bertz CT molecular complexity index is 445. The van der Waals surface area contributed by atoms with Gasteiger partial charge in [-0.05, 0) is 24.5 Å². The Labute approximate surface area is 99.4 Å². The van der Waals surface area contributed by atoms with Gasteiger partial charge in [-0.15, -0.1) is 0 Å². The molecule has 5 nitrogen and oxygen atoms in total. The maximum absolute atomic E-state index is 11.9. The molecule has 90 valence electrons. The Morgan fingerprint density at radius 2 is 2.24 bits per heavy atom. The largest absolute Gasteiger partial charge is 0.369 e. The van der Waals surface area contributed by atoms with Crippen LogP contribution in [0.2, 0.25) is 0 Å². The van der Waals surface area contributed by atoms with Crippen LogP contribution >= 0.6 is 0 Å². The third kappa shape index (κ3) is 2.82. The Balaban J connectivity index is 2.07. The first-order valence-corrected chi connectivity index (χ1v) is 5.57. The van der Waals surface area contributed by atoms with E-state index in [2.05, 4.69) is 10.6 Å². The zero-order chi connectivity index (χ0) is 12.3. The fraction of sp³-hybridized carbons (Fsp3) is 0.333. The molecule has 0 saturated heterocycles. The molecule has 1 heterocycles. The molecule has 0 radical (unpaired) electrons. The number of carbonyl (C=O) groups is 2. The number of anilines is 1. The van der Waals surface area contributed by atoms with Gasteiger partial charge in [-0.1, -0.05) is 18.2 Å². The molecule has 1 aliphatic heterocycles. The molecule has 2 amide bonds. The van der Waals surface area contributed by atoms with Gasteiger partial charge < -0.3 is 11.1 Å². The van der Waals surface area contributed by atoms with E-state index in [0.29, 0.717) is 6.42 Å². The standard InChI is InChI=1S/C12H15N3O2/c13-11(16)7-14-10-6-5-8-3-1-2-4-9(8)15-12(10)17/h1-4,10,14H,5-7H2,(H2,13,16)(H,15,17). The Morgan fingerprint density at radius 3 is 3.00 bits per heavy atom. The molecule has 0 saturated carbocycles. The number of carbonyl (C=O) groups excluding carboxylic acids is 2. The molecule has 1 atom stereocenters. The van der Waals surface area contributed by atoms with E-state index >= 15 is 0 Å². The Kier molecular flexibility index (Phi) is 3.39. The summed E-state index contributed by atoms with van der Waals surface area (Å²) in [5.74, 6) is -0.573. The first-order chi connectivity index (χ1) is 8.16. The lowest BCUT2D eigenvalue weighted by molar-refractivity contribution is -0.119. The summed E-state index contributed by atoms with van der Waals surface area (Å²) < 4.78 is 0. The minimum Gasteiger partial charge on any atom is -0.369 e. The fourth-order valence-electron chi connectivity index (χ4n) is 1.93. The van der Waals surface area contributed by atoms with Gasteiger partial charge in [0.2, 0.25) is 11.8 Å². The van der Waals surface area contributed by atoms with E-state index in [1.807, 2.05) is 24.3 Å². The van der Waals surface area contributed by atoms with Crippen molar-refractivity contribution in [1.29, 1.82) is 0 Å². The van der Waals surface area contributed by atoms with Crippen molar-refractivity contribution in [1.82, 2.24) is 5.32 Å². The van der Waals surface area contributed by atoms with Crippen LogP contribution < -0.4 is 16.4 Å². The lowest BCUT2D eigenvalue weighted by Crippen LogP contribution is -2.43. The van der Waals surface area contributed by atoms with Crippen molar-refractivity contribution in [3.63, 3.8) is 0 Å². The monoisotopic (exact) mass is 233 g/mol. The minimum atomic E-state index is -0.459. The quantitative estimate of drug-likeness (QED) is 0.688. The van der Waals surface area contributed by atoms with Crippen LogP contribution in [0.15, 0.2) is 24.3 Å². The Hall–Kier alpha value is -1.88. The summed E-state index contributed by atoms with van der Waals surface area (Å²) in [6.07, 6.45) is 1.46. The number of nitrogens with two attached hydrogens (primary N) is 1. The van der Waals surface area contributed by atoms with Crippen molar-refractivity contribution in [2.24, 2.45) is 5.73 Å². The van der Waals surface area contributed by atoms with Crippen molar-refractivity contribution in [3.8, 4) is 0 Å². The number of para-hydroxylation sites is 1. The van der Waals surface area contributed by atoms with Gasteiger partial charge in [-0.2, -0.15) is 0 Å². The molecule has 1 aliphatic rings. The summed E-state index contributed by atoms with van der Waals surface area (Å²) in [7, 11) is 0. The first-order valence-electron chi connectivity index (χ1n) is 5.57. The Morgan fingerprint density at radius 1 is 1.47 bits per heavy atom. The van der Waals surface area contributed by atoms with Gasteiger partial charge in [0, 0.05) is 5.69 Å². The van der Waals surface area contributed by atoms with Crippen LogP contribution in [-0.4, -0.2) is 24.4 Å². The lowest BCUT2D eigenvalue weighted by Gasteiger charge is -2.13. The van der Waals surface area contributed by atoms with Crippen LogP contribution in [0.25, 0.3) is 0 Å². The number of primary amides is 1. The summed E-state index contributed by atoms with van der Waals surface area (Å²) >= 11 is 0. The van der Waals surface area contributed by atoms with Crippen LogP contribution in [0, 0.1) is 0 Å². The van der Waals surface area contributed by atoms with Gasteiger partial charge in [0.05, 0.1) is 12.6 Å². The molecule has 1 unspecified atom stereocenters. The SMILES string of the molecule is NC(=O)CNC1CCc2ccccc2NC1=O. The molecule has 0 aromatic heterocycles. The van der Waals surface area contributed by atoms with E-state index in [-0.39, 0.29) is 18.5 Å². The molecule has 0 fully saturated rings. The summed E-state index contributed by atoms with van der Waals surface area (Å²) in [6, 6.07) is 7.34. The highest BCUT2D eigenvalue weighted by molar-refractivity contribution is 5.96. The number of nitrogens with one attached hydrogen (secondary N) is 2. The first kappa shape index (κ1) is 11.6. The van der Waals surface area contributed by atoms with E-state index in [1.54, 1.807) is 0 Å². The van der Waals surface area contributed by atoms with Crippen molar-refractivity contribution in [2.75, 3.05) is 11.9 Å². The van der Waals surface area contributed by atoms with Crippen LogP contribution in [-0.2, 0) is 16.0 Å². The normalized spacial score (nSPS) is 19.1. The maximum Gasteiger partial charge on any atom is 0.241 e. The van der Waals surface area contributed by atoms with Gasteiger partial charge >= 0.3 is 0 Å². The summed E-state index contributed by atoms with van der Waals surface area (Å²) in [5.41, 5.74) is 7.01. The maximum atomic E-state index is 11.9. The van der Waals surface area contributed by atoms with Crippen LogP contribution in [0.4, 0.5) is 5.69 Å². The summed E-state index contributed by atoms with van der Waals surface area (Å²) in [4.78, 5) is 22.5. The molecular formula is C12H15N3O2. The van der Waals surface area contributed by atoms with Gasteiger partial charge in [-0.3, -0.25) is 14.9 Å². The van der Waals surface area contributed by atoms with Crippen LogP contribution in [0.3, 0.4) is 0 Å². The van der Waals surface area contributed by atoms with E-state index in [1.165, 1.54) is 0 Å². The highest BCUT2D eigenvalue weighted by atomic mass is 16.2. The average Bonchev–Trinajstić information content (AvgIpc) is 2.45. The van der Waals surface area contributed by atoms with Gasteiger partial charge in [-0.25, -0.2) is 0 Å². The molecule has 0 bridgehead atoms. The topological polar surface area (TPSA) is 84.2 Å². The third-order valence-corrected chi connectivity index (χ3v) is 2.82. The fourth-order valence-corrected chi connectivity index (χ4v) is 1.93.